The van der Waals surface area contributed by atoms with Crippen molar-refractivity contribution in [1.82, 2.24) is 5.16 Å². The number of nitrogens with zero attached hydrogens (tertiary/aromatic N) is 1. The molecule has 0 atom stereocenters. The first kappa shape index (κ1) is 16.1. The zero-order valence-corrected chi connectivity index (χ0v) is 10.8. The minimum Gasteiger partial charge on any atom is -0.353 e. The van der Waals surface area contributed by atoms with Gasteiger partial charge in [0.1, 0.15) is 5.69 Å². The van der Waals surface area contributed by atoms with Crippen LogP contribution in [0.4, 0.5) is 26.3 Å². The summed E-state index contributed by atoms with van der Waals surface area (Å²) in [6.45, 7) is 1.11. The van der Waals surface area contributed by atoms with Crippen molar-refractivity contribution in [2.45, 2.75) is 19.3 Å². The molecule has 0 spiro atoms. The van der Waals surface area contributed by atoms with Crippen LogP contribution >= 0.6 is 0 Å². The fourth-order valence-corrected chi connectivity index (χ4v) is 1.75. The Morgan fingerprint density at radius 1 is 1.05 bits per heavy atom. The number of benzene rings is 1. The first-order valence-corrected chi connectivity index (χ1v) is 5.76. The average Bonchev–Trinajstić information content (AvgIpc) is 2.85. The van der Waals surface area contributed by atoms with E-state index in [1.807, 2.05) is 0 Å². The lowest BCUT2D eigenvalue weighted by Crippen LogP contribution is -2.12. The van der Waals surface area contributed by atoms with Gasteiger partial charge in [-0.2, -0.15) is 26.3 Å². The molecule has 0 amide bonds. The van der Waals surface area contributed by atoms with E-state index in [2.05, 4.69) is 9.68 Å². The number of carbonyl (C=O) groups excluding carboxylic acids is 1. The summed E-state index contributed by atoms with van der Waals surface area (Å²) in [6, 6.07) is 2.09. The Bertz CT molecular complexity index is 714. The summed E-state index contributed by atoms with van der Waals surface area (Å²) in [5.74, 6) is -0.859. The molecule has 0 unspecified atom stereocenters. The lowest BCUT2D eigenvalue weighted by Gasteiger charge is -2.14. The maximum absolute atomic E-state index is 13.0. The van der Waals surface area contributed by atoms with Gasteiger partial charge in [-0.15, -0.1) is 0 Å². The molecule has 3 nitrogen and oxygen atoms in total. The second kappa shape index (κ2) is 5.15. The van der Waals surface area contributed by atoms with Crippen molar-refractivity contribution in [2.24, 2.45) is 0 Å². The van der Waals surface area contributed by atoms with Crippen LogP contribution in [-0.4, -0.2) is 10.9 Å². The van der Waals surface area contributed by atoms with Gasteiger partial charge < -0.3 is 4.52 Å². The Morgan fingerprint density at radius 2 is 1.68 bits per heavy atom. The van der Waals surface area contributed by atoms with E-state index < -0.39 is 34.8 Å². The van der Waals surface area contributed by atoms with Crippen LogP contribution in [0.2, 0.25) is 0 Å². The van der Waals surface area contributed by atoms with Crippen molar-refractivity contribution in [1.29, 1.82) is 0 Å². The maximum atomic E-state index is 13.0. The summed E-state index contributed by atoms with van der Waals surface area (Å²) >= 11 is 0. The fraction of sp³-hybridized carbons (Fsp3) is 0.231. The van der Waals surface area contributed by atoms with Gasteiger partial charge in [0, 0.05) is 18.6 Å². The van der Waals surface area contributed by atoms with Crippen LogP contribution in [-0.2, 0) is 12.4 Å². The zero-order chi connectivity index (χ0) is 16.7. The van der Waals surface area contributed by atoms with Gasteiger partial charge in [0.05, 0.1) is 11.1 Å². The molecule has 2 rings (SSSR count). The third-order valence-corrected chi connectivity index (χ3v) is 2.79. The molecule has 1 aromatic carbocycles. The number of hydrogen-bond acceptors (Lipinski definition) is 3. The van der Waals surface area contributed by atoms with Crippen LogP contribution in [0, 0.1) is 0 Å². The summed E-state index contributed by atoms with van der Waals surface area (Å²) in [7, 11) is 0. The molecule has 9 heteroatoms. The molecule has 0 aliphatic heterocycles. The number of carbonyl (C=O) groups is 1. The van der Waals surface area contributed by atoms with E-state index in [1.54, 1.807) is 0 Å². The smallest absolute Gasteiger partial charge is 0.353 e. The largest absolute Gasteiger partial charge is 0.417 e. The van der Waals surface area contributed by atoms with Crippen LogP contribution in [0.3, 0.4) is 0 Å². The Hall–Kier alpha value is -2.32. The highest BCUT2D eigenvalue weighted by Crippen LogP contribution is 2.40. The normalized spacial score (nSPS) is 12.5. The standard InChI is InChI=1S/C13H7F6NO2/c1-6(21)11-5-10(20-22-11)8-3-2-7(12(14,15)16)4-9(8)13(17,18)19/h2-5H,1H3. The molecule has 0 radical (unpaired) electrons. The SMILES string of the molecule is CC(=O)c1cc(-c2ccc(C(F)(F)F)cc2C(F)(F)F)no1. The van der Waals surface area contributed by atoms with E-state index in [-0.39, 0.29) is 17.5 Å². The monoisotopic (exact) mass is 323 g/mol. The van der Waals surface area contributed by atoms with Crippen LogP contribution < -0.4 is 0 Å². The molecule has 0 aliphatic rings. The molecular formula is C13H7F6NO2. The number of hydrogen-bond donors (Lipinski definition) is 0. The molecule has 118 valence electrons. The molecular weight excluding hydrogens is 316 g/mol. The van der Waals surface area contributed by atoms with E-state index >= 15 is 0 Å². The second-order valence-corrected chi connectivity index (χ2v) is 4.39. The Labute approximate surface area is 119 Å². The van der Waals surface area contributed by atoms with Crippen molar-refractivity contribution >= 4 is 5.78 Å². The van der Waals surface area contributed by atoms with Gasteiger partial charge in [0.25, 0.3) is 0 Å². The van der Waals surface area contributed by atoms with Crippen molar-refractivity contribution < 1.29 is 35.7 Å². The van der Waals surface area contributed by atoms with Gasteiger partial charge in [-0.05, 0) is 12.1 Å². The summed E-state index contributed by atoms with van der Waals surface area (Å²) in [6.07, 6.45) is -9.93. The molecule has 1 aromatic heterocycles. The average molecular weight is 323 g/mol. The number of ketones is 1. The van der Waals surface area contributed by atoms with Gasteiger partial charge >= 0.3 is 12.4 Å². The molecule has 0 fully saturated rings. The Balaban J connectivity index is 2.62. The van der Waals surface area contributed by atoms with Crippen LogP contribution in [0.15, 0.2) is 28.8 Å². The third kappa shape index (κ3) is 3.12. The van der Waals surface area contributed by atoms with E-state index in [1.165, 1.54) is 0 Å². The van der Waals surface area contributed by atoms with Crippen LogP contribution in [0.25, 0.3) is 11.3 Å². The number of halogens is 6. The van der Waals surface area contributed by atoms with Gasteiger partial charge in [-0.1, -0.05) is 11.2 Å². The topological polar surface area (TPSA) is 43.1 Å². The quantitative estimate of drug-likeness (QED) is 0.600. The molecule has 0 saturated carbocycles. The van der Waals surface area contributed by atoms with E-state index in [0.29, 0.717) is 12.1 Å². The number of aromatic nitrogens is 1. The van der Waals surface area contributed by atoms with Crippen molar-refractivity contribution in [3.63, 3.8) is 0 Å². The molecule has 0 saturated heterocycles. The number of Topliss-reactive ketones (excluding diaryl/α,β-unsaturated/α-hetero) is 1. The van der Waals surface area contributed by atoms with Crippen LogP contribution in [0.1, 0.15) is 28.6 Å². The first-order valence-electron chi connectivity index (χ1n) is 5.76. The summed E-state index contributed by atoms with van der Waals surface area (Å²) in [5.41, 5.74) is -3.91. The van der Waals surface area contributed by atoms with E-state index in [4.69, 9.17) is 0 Å². The minimum atomic E-state index is -5.02. The lowest BCUT2D eigenvalue weighted by atomic mass is 10.0. The van der Waals surface area contributed by atoms with Gasteiger partial charge in [-0.25, -0.2) is 0 Å². The predicted octanol–water partition coefficient (Wildman–Crippen LogP) is 4.58. The first-order chi connectivity index (χ1) is 10.00. The van der Waals surface area contributed by atoms with Gasteiger partial charge in [0.2, 0.25) is 5.76 Å². The van der Waals surface area contributed by atoms with Crippen molar-refractivity contribution in [3.05, 3.63) is 41.2 Å². The minimum absolute atomic E-state index is 0.00253. The van der Waals surface area contributed by atoms with E-state index in [9.17, 15) is 31.1 Å². The van der Waals surface area contributed by atoms with Gasteiger partial charge in [0.15, 0.2) is 5.78 Å². The molecule has 1 heterocycles. The maximum Gasteiger partial charge on any atom is 0.417 e. The molecule has 22 heavy (non-hydrogen) atoms. The van der Waals surface area contributed by atoms with Crippen molar-refractivity contribution in [3.8, 4) is 11.3 Å². The summed E-state index contributed by atoms with van der Waals surface area (Å²) in [4.78, 5) is 11.1. The van der Waals surface area contributed by atoms with Crippen molar-refractivity contribution in [2.75, 3.05) is 0 Å². The molecule has 0 N–H and O–H groups in total. The highest BCUT2D eigenvalue weighted by Gasteiger charge is 2.38. The number of alkyl halides is 6. The predicted molar refractivity (Wildman–Crippen MR) is 61.9 cm³/mol. The third-order valence-electron chi connectivity index (χ3n) is 2.79. The summed E-state index contributed by atoms with van der Waals surface area (Å²) < 4.78 is 81.1. The van der Waals surface area contributed by atoms with E-state index in [0.717, 1.165) is 13.0 Å². The highest BCUT2D eigenvalue weighted by molar-refractivity contribution is 5.92. The Morgan fingerprint density at radius 3 is 2.14 bits per heavy atom. The van der Waals surface area contributed by atoms with Crippen LogP contribution in [0.5, 0.6) is 0 Å². The molecule has 0 bridgehead atoms. The molecule has 2 aromatic rings. The Kier molecular flexibility index (Phi) is 3.76. The number of rotatable bonds is 2. The summed E-state index contributed by atoms with van der Waals surface area (Å²) in [5, 5.41) is 3.30. The lowest BCUT2D eigenvalue weighted by molar-refractivity contribution is -0.142. The fourth-order valence-electron chi connectivity index (χ4n) is 1.75. The zero-order valence-electron chi connectivity index (χ0n) is 10.8. The van der Waals surface area contributed by atoms with Gasteiger partial charge in [-0.3, -0.25) is 4.79 Å². The highest BCUT2D eigenvalue weighted by atomic mass is 19.4. The second-order valence-electron chi connectivity index (χ2n) is 4.39. The molecule has 0 aliphatic carbocycles.